The van der Waals surface area contributed by atoms with E-state index in [0.717, 1.165) is 5.56 Å². The maximum absolute atomic E-state index is 5.64. The summed E-state index contributed by atoms with van der Waals surface area (Å²) in [5, 5.41) is 2.75. The summed E-state index contributed by atoms with van der Waals surface area (Å²) >= 11 is 0. The average molecular weight is 233 g/mol. The minimum atomic E-state index is -1.32. The van der Waals surface area contributed by atoms with E-state index in [-0.39, 0.29) is 5.96 Å². The van der Waals surface area contributed by atoms with Crippen LogP contribution >= 0.6 is 0 Å². The quantitative estimate of drug-likeness (QED) is 0.527. The first-order chi connectivity index (χ1) is 8.05. The highest BCUT2D eigenvalue weighted by molar-refractivity contribution is 5.80. The molecule has 0 atom stereocenters. The number of hydrogen-bond acceptors (Lipinski definition) is 6. The Bertz CT molecular complexity index is 452. The normalized spacial score (nSPS) is 17.8. The largest absolute Gasteiger partial charge is 0.474 e. The maximum Gasteiger partial charge on any atom is 0.198 e. The maximum atomic E-state index is 5.64. The van der Waals surface area contributed by atoms with Crippen molar-refractivity contribution in [2.75, 3.05) is 0 Å². The van der Waals surface area contributed by atoms with E-state index >= 15 is 0 Å². The topological polar surface area (TPSA) is 112 Å². The molecule has 0 saturated heterocycles. The van der Waals surface area contributed by atoms with Gasteiger partial charge in [0.25, 0.3) is 0 Å². The zero-order chi connectivity index (χ0) is 12.3. The summed E-state index contributed by atoms with van der Waals surface area (Å²) in [6.45, 7) is 0.406. The number of benzene rings is 1. The summed E-state index contributed by atoms with van der Waals surface area (Å²) in [6, 6.07) is 9.73. The molecule has 1 aromatic carbocycles. The predicted octanol–water partition coefficient (Wildman–Crippen LogP) is -0.466. The van der Waals surface area contributed by atoms with E-state index in [2.05, 4.69) is 10.3 Å². The molecule has 1 heterocycles. The molecular formula is C11H15N5O. The Morgan fingerprint density at radius 1 is 1.24 bits per heavy atom. The van der Waals surface area contributed by atoms with Crippen molar-refractivity contribution in [3.8, 4) is 0 Å². The molecule has 0 bridgehead atoms. The molecule has 1 aliphatic heterocycles. The van der Waals surface area contributed by atoms with Crippen molar-refractivity contribution in [1.29, 1.82) is 0 Å². The Balaban J connectivity index is 1.99. The van der Waals surface area contributed by atoms with E-state index in [1.54, 1.807) is 0 Å². The van der Waals surface area contributed by atoms with Gasteiger partial charge < -0.3 is 10.5 Å². The van der Waals surface area contributed by atoms with Crippen LogP contribution in [0.2, 0.25) is 0 Å². The van der Waals surface area contributed by atoms with Crippen LogP contribution in [0.1, 0.15) is 5.56 Å². The molecule has 0 aromatic heterocycles. The van der Waals surface area contributed by atoms with Crippen LogP contribution in [-0.4, -0.2) is 11.7 Å². The summed E-state index contributed by atoms with van der Waals surface area (Å²) in [7, 11) is 0. The summed E-state index contributed by atoms with van der Waals surface area (Å²) in [4.78, 5) is 3.80. The van der Waals surface area contributed by atoms with E-state index in [1.807, 2.05) is 30.3 Å². The second-order valence-electron chi connectivity index (χ2n) is 3.79. The number of nitrogens with two attached hydrogens (primary N) is 3. The first kappa shape index (κ1) is 11.4. The van der Waals surface area contributed by atoms with Gasteiger partial charge in [-0.15, -0.1) is 0 Å². The van der Waals surface area contributed by atoms with Crippen LogP contribution < -0.4 is 22.5 Å². The molecule has 1 aliphatic rings. The van der Waals surface area contributed by atoms with Gasteiger partial charge in [-0.3, -0.25) is 16.8 Å². The smallest absolute Gasteiger partial charge is 0.198 e. The highest BCUT2D eigenvalue weighted by Gasteiger charge is 2.22. The molecule has 0 spiro atoms. The van der Waals surface area contributed by atoms with Gasteiger partial charge in [-0.2, -0.15) is 0 Å². The van der Waals surface area contributed by atoms with Crippen LogP contribution in [0, 0.1) is 0 Å². The van der Waals surface area contributed by atoms with Crippen LogP contribution in [0.5, 0.6) is 0 Å². The molecule has 6 nitrogen and oxygen atoms in total. The van der Waals surface area contributed by atoms with Crippen molar-refractivity contribution in [1.82, 2.24) is 5.32 Å². The predicted molar refractivity (Wildman–Crippen MR) is 65.2 cm³/mol. The highest BCUT2D eigenvalue weighted by atomic mass is 16.5. The average Bonchev–Trinajstić information content (AvgIpc) is 2.25. The third-order valence-electron chi connectivity index (χ3n) is 2.16. The lowest BCUT2D eigenvalue weighted by atomic mass is 10.2. The van der Waals surface area contributed by atoms with Crippen molar-refractivity contribution >= 4 is 5.96 Å². The molecule has 0 fully saturated rings. The van der Waals surface area contributed by atoms with Crippen molar-refractivity contribution < 1.29 is 4.74 Å². The van der Waals surface area contributed by atoms with Gasteiger partial charge in [0.15, 0.2) is 17.6 Å². The van der Waals surface area contributed by atoms with E-state index in [1.165, 1.54) is 6.08 Å². The molecule has 6 heteroatoms. The molecule has 7 N–H and O–H groups in total. The summed E-state index contributed by atoms with van der Waals surface area (Å²) in [5.74, 6) is -0.770. The molecule has 90 valence electrons. The SMILES string of the molecule is NC1=NC(N)(N)C=C(OCc2ccccc2)N1. The van der Waals surface area contributed by atoms with Gasteiger partial charge >= 0.3 is 0 Å². The van der Waals surface area contributed by atoms with Gasteiger partial charge in [0.05, 0.1) is 0 Å². The zero-order valence-corrected chi connectivity index (χ0v) is 9.26. The van der Waals surface area contributed by atoms with Gasteiger partial charge in [0.2, 0.25) is 0 Å². The minimum Gasteiger partial charge on any atom is -0.474 e. The summed E-state index contributed by atoms with van der Waals surface area (Å²) in [5.41, 5.74) is 17.8. The fourth-order valence-corrected chi connectivity index (χ4v) is 1.45. The summed E-state index contributed by atoms with van der Waals surface area (Å²) < 4.78 is 5.50. The van der Waals surface area contributed by atoms with Crippen LogP contribution in [0.3, 0.4) is 0 Å². The van der Waals surface area contributed by atoms with Crippen molar-refractivity contribution in [3.05, 3.63) is 47.9 Å². The monoisotopic (exact) mass is 233 g/mol. The lowest BCUT2D eigenvalue weighted by Crippen LogP contribution is -2.53. The van der Waals surface area contributed by atoms with Gasteiger partial charge in [0, 0.05) is 6.08 Å². The number of nitrogens with zero attached hydrogens (tertiary/aromatic N) is 1. The lowest BCUT2D eigenvalue weighted by molar-refractivity contribution is 0.181. The van der Waals surface area contributed by atoms with E-state index in [0.29, 0.717) is 12.5 Å². The van der Waals surface area contributed by atoms with Crippen molar-refractivity contribution in [3.63, 3.8) is 0 Å². The van der Waals surface area contributed by atoms with Crippen LogP contribution in [0.25, 0.3) is 0 Å². The molecule has 2 rings (SSSR count). The highest BCUT2D eigenvalue weighted by Crippen LogP contribution is 2.09. The Morgan fingerprint density at radius 2 is 1.94 bits per heavy atom. The second kappa shape index (κ2) is 4.44. The lowest BCUT2D eigenvalue weighted by Gasteiger charge is -2.24. The molecule has 0 amide bonds. The number of hydrogen-bond donors (Lipinski definition) is 4. The first-order valence-electron chi connectivity index (χ1n) is 5.15. The molecular weight excluding hydrogens is 218 g/mol. The van der Waals surface area contributed by atoms with Crippen LogP contribution in [0.15, 0.2) is 47.3 Å². The number of aliphatic imine (C=N–C) groups is 1. The molecule has 0 unspecified atom stereocenters. The number of guanidine groups is 1. The zero-order valence-electron chi connectivity index (χ0n) is 9.26. The Morgan fingerprint density at radius 3 is 2.59 bits per heavy atom. The third kappa shape index (κ3) is 3.20. The molecule has 0 radical (unpaired) electrons. The Labute approximate surface area is 99.1 Å². The third-order valence-corrected chi connectivity index (χ3v) is 2.16. The van der Waals surface area contributed by atoms with Gasteiger partial charge in [-0.25, -0.2) is 4.99 Å². The molecule has 17 heavy (non-hydrogen) atoms. The van der Waals surface area contributed by atoms with E-state index in [9.17, 15) is 0 Å². The number of nitrogens with one attached hydrogen (secondary N) is 1. The number of ether oxygens (including phenoxy) is 1. The molecule has 0 aliphatic carbocycles. The first-order valence-corrected chi connectivity index (χ1v) is 5.15. The Kier molecular flexibility index (Phi) is 2.99. The van der Waals surface area contributed by atoms with Crippen LogP contribution in [0.4, 0.5) is 0 Å². The Hall–Kier alpha value is -2.05. The second-order valence-corrected chi connectivity index (χ2v) is 3.79. The fourth-order valence-electron chi connectivity index (χ4n) is 1.45. The molecule has 1 aromatic rings. The van der Waals surface area contributed by atoms with E-state index in [4.69, 9.17) is 21.9 Å². The standard InChI is InChI=1S/C11H15N5O/c12-10-15-9(6-11(13,14)16-10)17-7-8-4-2-1-3-5-8/h1-6H,7,13-14H2,(H3,12,15,16). The van der Waals surface area contributed by atoms with Crippen molar-refractivity contribution in [2.45, 2.75) is 12.4 Å². The van der Waals surface area contributed by atoms with Crippen LogP contribution in [-0.2, 0) is 11.3 Å². The summed E-state index contributed by atoms with van der Waals surface area (Å²) in [6.07, 6.45) is 1.48. The van der Waals surface area contributed by atoms with Gasteiger partial charge in [-0.05, 0) is 5.56 Å². The molecule has 0 saturated carbocycles. The van der Waals surface area contributed by atoms with Gasteiger partial charge in [-0.1, -0.05) is 30.3 Å². The number of rotatable bonds is 3. The van der Waals surface area contributed by atoms with Crippen molar-refractivity contribution in [2.24, 2.45) is 22.2 Å². The van der Waals surface area contributed by atoms with Gasteiger partial charge in [0.1, 0.15) is 6.61 Å². The minimum absolute atomic E-state index is 0.139. The van der Waals surface area contributed by atoms with E-state index < -0.39 is 5.79 Å². The fraction of sp³-hybridized carbons (Fsp3) is 0.182.